The van der Waals surface area contributed by atoms with Gasteiger partial charge in [0, 0.05) is 6.54 Å². The molecule has 2 atom stereocenters. The molecule has 1 aliphatic heterocycles. The predicted octanol–water partition coefficient (Wildman–Crippen LogP) is -0.247. The number of nitrogen functional groups attached to an aromatic ring is 1. The fourth-order valence-corrected chi connectivity index (χ4v) is 1.76. The molecule has 0 aliphatic carbocycles. The number of aliphatic hydroxyl groups is 1. The maximum absolute atomic E-state index is 13.9. The molecule has 1 aromatic heterocycles. The first-order valence-corrected chi connectivity index (χ1v) is 5.05. The van der Waals surface area contributed by atoms with Crippen LogP contribution in [0.3, 0.4) is 0 Å². The number of alkyl halides is 1. The van der Waals surface area contributed by atoms with Crippen LogP contribution in [0.2, 0.25) is 0 Å². The SMILES string of the molecule is C[C@@]1(F)CN(c2ncnc(N)n2)CCC1O. The van der Waals surface area contributed by atoms with Crippen LogP contribution in [-0.4, -0.2) is 44.9 Å². The van der Waals surface area contributed by atoms with Gasteiger partial charge in [-0.1, -0.05) is 0 Å². The van der Waals surface area contributed by atoms with E-state index in [-0.39, 0.29) is 12.5 Å². The molecule has 3 N–H and O–H groups in total. The molecule has 1 fully saturated rings. The molecule has 2 heterocycles. The lowest BCUT2D eigenvalue weighted by Gasteiger charge is -2.38. The Morgan fingerprint density at radius 3 is 3.00 bits per heavy atom. The summed E-state index contributed by atoms with van der Waals surface area (Å²) >= 11 is 0. The average molecular weight is 227 g/mol. The maximum Gasteiger partial charge on any atom is 0.230 e. The third-order valence-corrected chi connectivity index (χ3v) is 2.73. The Morgan fingerprint density at radius 2 is 2.38 bits per heavy atom. The fraction of sp³-hybridized carbons (Fsp3) is 0.667. The van der Waals surface area contributed by atoms with Crippen LogP contribution in [0.15, 0.2) is 6.33 Å². The number of aromatic nitrogens is 3. The Bertz CT molecular complexity index is 386. The van der Waals surface area contributed by atoms with E-state index in [1.807, 2.05) is 0 Å². The highest BCUT2D eigenvalue weighted by molar-refractivity contribution is 5.34. The highest BCUT2D eigenvalue weighted by Crippen LogP contribution is 2.27. The van der Waals surface area contributed by atoms with E-state index in [1.165, 1.54) is 13.3 Å². The van der Waals surface area contributed by atoms with Crippen molar-refractivity contribution >= 4 is 11.9 Å². The first-order chi connectivity index (χ1) is 7.49. The van der Waals surface area contributed by atoms with Gasteiger partial charge in [-0.05, 0) is 13.3 Å². The number of hydrogen-bond acceptors (Lipinski definition) is 6. The zero-order chi connectivity index (χ0) is 11.8. The molecule has 0 aromatic carbocycles. The van der Waals surface area contributed by atoms with Crippen molar-refractivity contribution < 1.29 is 9.50 Å². The van der Waals surface area contributed by atoms with Gasteiger partial charge in [-0.3, -0.25) is 0 Å². The average Bonchev–Trinajstić information content (AvgIpc) is 2.22. The normalized spacial score (nSPS) is 30.4. The summed E-state index contributed by atoms with van der Waals surface area (Å²) in [7, 11) is 0. The second-order valence-electron chi connectivity index (χ2n) is 4.15. The van der Waals surface area contributed by atoms with E-state index in [4.69, 9.17) is 5.73 Å². The van der Waals surface area contributed by atoms with Crippen LogP contribution < -0.4 is 10.6 Å². The third kappa shape index (κ3) is 2.04. The predicted molar refractivity (Wildman–Crippen MR) is 56.6 cm³/mol. The molecule has 7 heteroatoms. The van der Waals surface area contributed by atoms with Gasteiger partial charge in [0.25, 0.3) is 0 Å². The molecule has 0 saturated carbocycles. The standard InChI is InChI=1S/C9H14FN5O/c1-9(10)4-15(3-2-6(9)16)8-13-5-12-7(11)14-8/h5-6,16H,2-4H2,1H3,(H2,11,12,13,14)/t6?,9-/m1/s1. The molecule has 0 bridgehead atoms. The van der Waals surface area contributed by atoms with Crippen molar-refractivity contribution in [1.29, 1.82) is 0 Å². The van der Waals surface area contributed by atoms with E-state index >= 15 is 0 Å². The van der Waals surface area contributed by atoms with Gasteiger partial charge in [-0.15, -0.1) is 0 Å². The van der Waals surface area contributed by atoms with Crippen molar-refractivity contribution in [3.05, 3.63) is 6.33 Å². The summed E-state index contributed by atoms with van der Waals surface area (Å²) in [5.74, 6) is 0.458. The lowest BCUT2D eigenvalue weighted by atomic mass is 9.94. The van der Waals surface area contributed by atoms with Crippen LogP contribution in [0, 0.1) is 0 Å². The molecule has 0 spiro atoms. The number of halogens is 1. The third-order valence-electron chi connectivity index (χ3n) is 2.73. The topological polar surface area (TPSA) is 88.2 Å². The van der Waals surface area contributed by atoms with Crippen molar-refractivity contribution in [3.63, 3.8) is 0 Å². The molecular formula is C9H14FN5O. The summed E-state index contributed by atoms with van der Waals surface area (Å²) in [6.45, 7) is 1.93. The van der Waals surface area contributed by atoms with E-state index in [1.54, 1.807) is 4.90 Å². The molecule has 0 radical (unpaired) electrons. The summed E-state index contributed by atoms with van der Waals surface area (Å²) in [5, 5.41) is 9.48. The van der Waals surface area contributed by atoms with Crippen molar-refractivity contribution in [2.24, 2.45) is 0 Å². The first-order valence-electron chi connectivity index (χ1n) is 5.05. The number of aliphatic hydroxyl groups excluding tert-OH is 1. The van der Waals surface area contributed by atoms with Crippen molar-refractivity contribution in [1.82, 2.24) is 15.0 Å². The van der Waals surface area contributed by atoms with E-state index in [2.05, 4.69) is 15.0 Å². The molecule has 2 rings (SSSR count). The van der Waals surface area contributed by atoms with E-state index in [9.17, 15) is 9.50 Å². The van der Waals surface area contributed by atoms with Gasteiger partial charge in [-0.2, -0.15) is 4.98 Å². The number of rotatable bonds is 1. The molecule has 1 saturated heterocycles. The van der Waals surface area contributed by atoms with Crippen LogP contribution >= 0.6 is 0 Å². The summed E-state index contributed by atoms with van der Waals surface area (Å²) in [6.07, 6.45) is 0.694. The first kappa shape index (κ1) is 11.0. The molecule has 6 nitrogen and oxygen atoms in total. The zero-order valence-corrected chi connectivity index (χ0v) is 8.97. The van der Waals surface area contributed by atoms with Crippen molar-refractivity contribution in [3.8, 4) is 0 Å². The van der Waals surface area contributed by atoms with Crippen LogP contribution in [0.25, 0.3) is 0 Å². The summed E-state index contributed by atoms with van der Waals surface area (Å²) < 4.78 is 13.9. The molecule has 1 aromatic rings. The van der Waals surface area contributed by atoms with Crippen LogP contribution in [0.4, 0.5) is 16.3 Å². The van der Waals surface area contributed by atoms with Crippen LogP contribution in [0.5, 0.6) is 0 Å². The molecule has 88 valence electrons. The Hall–Kier alpha value is -1.50. The Labute approximate surface area is 92.3 Å². The molecule has 16 heavy (non-hydrogen) atoms. The summed E-state index contributed by atoms with van der Waals surface area (Å²) in [6, 6.07) is 0. The fourth-order valence-electron chi connectivity index (χ4n) is 1.76. The lowest BCUT2D eigenvalue weighted by Crippen LogP contribution is -2.53. The number of hydrogen-bond donors (Lipinski definition) is 2. The smallest absolute Gasteiger partial charge is 0.230 e. The maximum atomic E-state index is 13.9. The Morgan fingerprint density at radius 1 is 1.62 bits per heavy atom. The second-order valence-corrected chi connectivity index (χ2v) is 4.15. The second kappa shape index (κ2) is 3.82. The van der Waals surface area contributed by atoms with Gasteiger partial charge in [0.15, 0.2) is 5.67 Å². The van der Waals surface area contributed by atoms with E-state index in [0.29, 0.717) is 18.9 Å². The monoisotopic (exact) mass is 227 g/mol. The quantitative estimate of drug-likeness (QED) is 0.688. The highest BCUT2D eigenvalue weighted by Gasteiger charge is 2.39. The number of nitrogens with zero attached hydrogens (tertiary/aromatic N) is 4. The molecule has 1 aliphatic rings. The van der Waals surface area contributed by atoms with Gasteiger partial charge in [0.2, 0.25) is 11.9 Å². The molecular weight excluding hydrogens is 213 g/mol. The van der Waals surface area contributed by atoms with Gasteiger partial charge in [0.05, 0.1) is 12.6 Å². The van der Waals surface area contributed by atoms with Crippen molar-refractivity contribution in [2.75, 3.05) is 23.7 Å². The molecule has 0 amide bonds. The van der Waals surface area contributed by atoms with Gasteiger partial charge in [0.1, 0.15) is 6.33 Å². The highest BCUT2D eigenvalue weighted by atomic mass is 19.1. The van der Waals surface area contributed by atoms with Gasteiger partial charge in [-0.25, -0.2) is 14.4 Å². The Balaban J connectivity index is 2.18. The van der Waals surface area contributed by atoms with Gasteiger partial charge >= 0.3 is 0 Å². The zero-order valence-electron chi connectivity index (χ0n) is 8.97. The van der Waals surface area contributed by atoms with E-state index < -0.39 is 11.8 Å². The lowest BCUT2D eigenvalue weighted by molar-refractivity contribution is -0.00860. The largest absolute Gasteiger partial charge is 0.390 e. The van der Waals surface area contributed by atoms with Crippen molar-refractivity contribution in [2.45, 2.75) is 25.1 Å². The number of piperidine rings is 1. The van der Waals surface area contributed by atoms with Gasteiger partial charge < -0.3 is 15.7 Å². The summed E-state index contributed by atoms with van der Waals surface area (Å²) in [4.78, 5) is 13.2. The number of nitrogens with two attached hydrogens (primary N) is 1. The Kier molecular flexibility index (Phi) is 2.63. The number of anilines is 2. The molecule has 1 unspecified atom stereocenters. The minimum absolute atomic E-state index is 0.0532. The van der Waals surface area contributed by atoms with Crippen LogP contribution in [-0.2, 0) is 0 Å². The minimum atomic E-state index is -1.65. The van der Waals surface area contributed by atoms with E-state index in [0.717, 1.165) is 0 Å². The van der Waals surface area contributed by atoms with Crippen LogP contribution in [0.1, 0.15) is 13.3 Å². The summed E-state index contributed by atoms with van der Waals surface area (Å²) in [5.41, 5.74) is 3.78. The minimum Gasteiger partial charge on any atom is -0.390 e.